The number of fused-ring (bicyclic) bond motifs is 12. The van der Waals surface area contributed by atoms with Gasteiger partial charge in [-0.25, -0.2) is 0 Å². The highest BCUT2D eigenvalue weighted by Gasteiger charge is 2.19. The lowest BCUT2D eigenvalue weighted by Gasteiger charge is -2.26. The number of nitrogens with one attached hydrogen (secondary N) is 1. The molecule has 2 heterocycles. The maximum Gasteiger partial charge on any atom is 0.0541 e. The van der Waals surface area contributed by atoms with Crippen LogP contribution in [-0.2, 0) is 0 Å². The zero-order valence-corrected chi connectivity index (χ0v) is 64.9. The van der Waals surface area contributed by atoms with Gasteiger partial charge in [-0.15, -0.1) is 0 Å². The fourth-order valence-electron chi connectivity index (χ4n) is 17.0. The van der Waals surface area contributed by atoms with E-state index in [1.807, 2.05) is 18.2 Å². The average Bonchev–Trinajstić information content (AvgIpc) is 1.57. The Morgan fingerprint density at radius 3 is 0.786 bits per heavy atom. The van der Waals surface area contributed by atoms with Gasteiger partial charge in [0.25, 0.3) is 0 Å². The van der Waals surface area contributed by atoms with Crippen LogP contribution < -0.4 is 10.2 Å². The summed E-state index contributed by atoms with van der Waals surface area (Å²) in [5.74, 6) is 0. The van der Waals surface area contributed by atoms with E-state index in [9.17, 15) is 0 Å². The van der Waals surface area contributed by atoms with Crippen LogP contribution in [-0.4, -0.2) is 9.13 Å². The van der Waals surface area contributed by atoms with Crippen LogP contribution in [0.2, 0.25) is 5.02 Å². The molecule has 22 aromatic rings. The first-order chi connectivity index (χ1) is 57.9. The third-order valence-electron chi connectivity index (χ3n) is 22.7. The van der Waals surface area contributed by atoms with Crippen molar-refractivity contribution in [2.45, 2.75) is 0 Å². The van der Waals surface area contributed by atoms with Crippen LogP contribution in [0.4, 0.5) is 28.4 Å². The smallest absolute Gasteiger partial charge is 0.0541 e. The predicted octanol–water partition coefficient (Wildman–Crippen LogP) is 31.7. The fourth-order valence-corrected chi connectivity index (χ4v) is 17.1. The van der Waals surface area contributed by atoms with E-state index in [-0.39, 0.29) is 0 Å². The summed E-state index contributed by atoms with van der Waals surface area (Å²) in [5.41, 5.74) is 27.2. The van der Waals surface area contributed by atoms with Crippen molar-refractivity contribution < 1.29 is 0 Å². The molecule has 552 valence electrons. The van der Waals surface area contributed by atoms with E-state index in [1.165, 1.54) is 153 Å². The highest BCUT2D eigenvalue weighted by molar-refractivity contribution is 6.30. The summed E-state index contributed by atoms with van der Waals surface area (Å²) in [4.78, 5) is 2.36. The van der Waals surface area contributed by atoms with Crippen LogP contribution >= 0.6 is 11.6 Å². The Balaban J connectivity index is 0.000000127. The summed E-state index contributed by atoms with van der Waals surface area (Å²) in [6.45, 7) is 0. The Labute approximate surface area is 685 Å². The topological polar surface area (TPSA) is 25.1 Å². The lowest BCUT2D eigenvalue weighted by Crippen LogP contribution is -2.10. The molecule has 0 bridgehead atoms. The molecule has 4 nitrogen and oxygen atoms in total. The molecule has 0 aliphatic rings. The average molecular weight is 1510 g/mol. The molecule has 0 unspecified atom stereocenters. The van der Waals surface area contributed by atoms with Crippen molar-refractivity contribution in [3.63, 3.8) is 0 Å². The number of benzene rings is 20. The molecule has 2 aromatic heterocycles. The van der Waals surface area contributed by atoms with Crippen molar-refractivity contribution in [1.29, 1.82) is 0 Å². The minimum absolute atomic E-state index is 0.767. The zero-order valence-electron chi connectivity index (χ0n) is 64.1. The van der Waals surface area contributed by atoms with Gasteiger partial charge in [0.05, 0.1) is 22.1 Å². The largest absolute Gasteiger partial charge is 0.356 e. The van der Waals surface area contributed by atoms with E-state index in [0.717, 1.165) is 44.8 Å². The van der Waals surface area contributed by atoms with Gasteiger partial charge >= 0.3 is 0 Å². The Morgan fingerprint density at radius 2 is 0.427 bits per heavy atom. The van der Waals surface area contributed by atoms with Crippen LogP contribution in [0.25, 0.3) is 165 Å². The number of hydrogen-bond donors (Lipinski definition) is 1. The molecule has 0 saturated heterocycles. The Morgan fingerprint density at radius 1 is 0.188 bits per heavy atom. The van der Waals surface area contributed by atoms with E-state index < -0.39 is 0 Å². The molecule has 22 rings (SSSR count). The zero-order chi connectivity index (χ0) is 78.0. The SMILES string of the molecule is Clc1ccc(-c2cc3ccccc3c3ccccc23)cc1.c1ccc(-c2ccc(-c3ccc(N(c4ccc(-c5cc6ccccc6c6ccccc56)cc4)c4ccc(-n5c6ccccc6c6ccccc65)cc4)cc3)cc2)cc1.c1ccc(-c2ccc(-c3ccc(Nc4ccc(-n5c6ccccc6c6ccccc65)cc4)cc3)cc2)cc1. The number of para-hydroxylation sites is 4. The third kappa shape index (κ3) is 14.1. The Kier molecular flexibility index (Phi) is 19.1. The molecular formula is C112H77ClN4. The van der Waals surface area contributed by atoms with E-state index in [4.69, 9.17) is 11.6 Å². The standard InChI is InChI=1S/C56H38N2.C36H26N2.C20H13Cl/c1-2-12-39(13-3-1)40-22-24-41(25-23-40)42-26-30-45(31-27-42)57(47-34-36-48(37-35-47)58-55-20-10-8-18-52(55)53-19-9-11-21-56(53)58)46-32-28-43(29-33-46)54-38-44-14-4-5-15-49(44)50-16-6-7-17-51(50)54;1-2-8-26(9-3-1)27-14-16-28(17-15-27)29-18-20-30(21-19-29)37-31-22-24-32(25-23-31)38-35-12-6-4-10-33(35)34-11-5-7-13-36(34)38;21-16-11-9-14(10-12-16)20-13-15-5-1-2-6-17(15)18-7-3-4-8-19(18)20/h1-38H;1-25,37H;1-13H. The summed E-state index contributed by atoms with van der Waals surface area (Å²) in [6, 6.07) is 165. The number of aromatic nitrogens is 2. The van der Waals surface area contributed by atoms with Crippen LogP contribution in [0.15, 0.2) is 461 Å². The molecule has 0 saturated carbocycles. The second-order valence-electron chi connectivity index (χ2n) is 29.7. The molecule has 5 heteroatoms. The van der Waals surface area contributed by atoms with Crippen LogP contribution in [0.5, 0.6) is 0 Å². The molecule has 0 aliphatic heterocycles. The van der Waals surface area contributed by atoms with Crippen molar-refractivity contribution in [3.8, 4) is 78.1 Å². The number of halogens is 1. The maximum atomic E-state index is 6.01. The van der Waals surface area contributed by atoms with Gasteiger partial charge in [-0.1, -0.05) is 339 Å². The summed E-state index contributed by atoms with van der Waals surface area (Å²) in [6.07, 6.45) is 0. The van der Waals surface area contributed by atoms with Crippen LogP contribution in [0.3, 0.4) is 0 Å². The lowest BCUT2D eigenvalue weighted by atomic mass is 9.93. The van der Waals surface area contributed by atoms with Crippen molar-refractivity contribution in [2.75, 3.05) is 10.2 Å². The van der Waals surface area contributed by atoms with Crippen molar-refractivity contribution in [3.05, 3.63) is 466 Å². The fraction of sp³-hybridized carbons (Fsp3) is 0. The number of anilines is 5. The number of rotatable bonds is 13. The predicted molar refractivity (Wildman–Crippen MR) is 500 cm³/mol. The highest BCUT2D eigenvalue weighted by Crippen LogP contribution is 2.43. The monoisotopic (exact) mass is 1510 g/mol. The Hall–Kier alpha value is -15.1. The first kappa shape index (κ1) is 71.0. The van der Waals surface area contributed by atoms with Gasteiger partial charge in [-0.05, 0) is 243 Å². The van der Waals surface area contributed by atoms with Gasteiger partial charge in [0.15, 0.2) is 0 Å². The van der Waals surface area contributed by atoms with Gasteiger partial charge in [0.1, 0.15) is 0 Å². The van der Waals surface area contributed by atoms with E-state index in [2.05, 4.69) is 462 Å². The molecule has 0 radical (unpaired) electrons. The summed E-state index contributed by atoms with van der Waals surface area (Å²) >= 11 is 6.01. The quantitative estimate of drug-likeness (QED) is 0.116. The normalized spacial score (nSPS) is 11.3. The third-order valence-corrected chi connectivity index (χ3v) is 23.0. The first-order valence-electron chi connectivity index (χ1n) is 39.9. The second-order valence-corrected chi connectivity index (χ2v) is 30.1. The maximum absolute atomic E-state index is 6.01. The van der Waals surface area contributed by atoms with Gasteiger partial charge in [-0.3, -0.25) is 0 Å². The van der Waals surface area contributed by atoms with E-state index >= 15 is 0 Å². The molecule has 0 fully saturated rings. The highest BCUT2D eigenvalue weighted by atomic mass is 35.5. The number of nitrogens with zero attached hydrogens (tertiary/aromatic N) is 3. The summed E-state index contributed by atoms with van der Waals surface area (Å²) in [5, 5.41) is 19.6. The van der Waals surface area contributed by atoms with E-state index in [1.54, 1.807) is 0 Å². The second kappa shape index (κ2) is 31.5. The van der Waals surface area contributed by atoms with Crippen LogP contribution in [0.1, 0.15) is 0 Å². The molecule has 117 heavy (non-hydrogen) atoms. The van der Waals surface area contributed by atoms with Gasteiger partial charge in [-0.2, -0.15) is 0 Å². The molecule has 0 amide bonds. The number of hydrogen-bond acceptors (Lipinski definition) is 2. The molecule has 20 aromatic carbocycles. The molecule has 0 aliphatic carbocycles. The van der Waals surface area contributed by atoms with Gasteiger partial charge in [0, 0.05) is 66.4 Å². The van der Waals surface area contributed by atoms with Crippen molar-refractivity contribution in [2.24, 2.45) is 0 Å². The van der Waals surface area contributed by atoms with Gasteiger partial charge < -0.3 is 19.4 Å². The summed E-state index contributed by atoms with van der Waals surface area (Å²) in [7, 11) is 0. The molecule has 0 spiro atoms. The summed E-state index contributed by atoms with van der Waals surface area (Å²) < 4.78 is 4.71. The first-order valence-corrected chi connectivity index (χ1v) is 40.2. The van der Waals surface area contributed by atoms with Crippen molar-refractivity contribution >= 4 is 127 Å². The minimum atomic E-state index is 0.767. The molecular weight excluding hydrogens is 1440 g/mol. The van der Waals surface area contributed by atoms with Gasteiger partial charge in [0.2, 0.25) is 0 Å². The lowest BCUT2D eigenvalue weighted by molar-refractivity contribution is 1.17. The Bertz CT molecular complexity index is 7220. The van der Waals surface area contributed by atoms with Crippen molar-refractivity contribution in [1.82, 2.24) is 9.13 Å². The van der Waals surface area contributed by atoms with Crippen LogP contribution in [0, 0.1) is 0 Å². The molecule has 1 N–H and O–H groups in total. The molecule has 0 atom stereocenters. The van der Waals surface area contributed by atoms with E-state index in [0.29, 0.717) is 0 Å². The minimum Gasteiger partial charge on any atom is -0.356 e.